The van der Waals surface area contributed by atoms with Crippen LogP contribution in [0, 0.1) is 6.92 Å². The smallest absolute Gasteiger partial charge is 0.252 e. The fourth-order valence-electron chi connectivity index (χ4n) is 1.38. The summed E-state index contributed by atoms with van der Waals surface area (Å²) in [5.41, 5.74) is 7.11. The van der Waals surface area contributed by atoms with Gasteiger partial charge in [0, 0.05) is 10.6 Å². The quantitative estimate of drug-likeness (QED) is 0.648. The molecule has 0 aliphatic carbocycles. The van der Waals surface area contributed by atoms with Gasteiger partial charge in [-0.2, -0.15) is 0 Å². The highest BCUT2D eigenvalue weighted by molar-refractivity contribution is 6.35. The van der Waals surface area contributed by atoms with Crippen LogP contribution in [-0.2, 0) is 9.53 Å². The first-order valence-electron chi connectivity index (χ1n) is 4.95. The topological polar surface area (TPSA) is 52.3 Å². The standard InChI is InChI=1S/C12H14ClNO2/c1-3-16-7-9(12(14)15)11-8(2)5-4-6-10(11)13/h4-7H,3H2,1-2H3,(H2,14,15). The van der Waals surface area contributed by atoms with Crippen molar-refractivity contribution < 1.29 is 9.53 Å². The van der Waals surface area contributed by atoms with Gasteiger partial charge in [0.1, 0.15) is 0 Å². The van der Waals surface area contributed by atoms with Crippen LogP contribution in [0.25, 0.3) is 5.57 Å². The van der Waals surface area contributed by atoms with Crippen molar-refractivity contribution in [3.8, 4) is 0 Å². The lowest BCUT2D eigenvalue weighted by molar-refractivity contribution is -0.112. The minimum Gasteiger partial charge on any atom is -0.501 e. The van der Waals surface area contributed by atoms with E-state index in [0.29, 0.717) is 22.8 Å². The van der Waals surface area contributed by atoms with Crippen molar-refractivity contribution in [2.24, 2.45) is 5.73 Å². The van der Waals surface area contributed by atoms with Crippen molar-refractivity contribution in [3.63, 3.8) is 0 Å². The van der Waals surface area contributed by atoms with Gasteiger partial charge in [0.2, 0.25) is 0 Å². The van der Waals surface area contributed by atoms with E-state index in [4.69, 9.17) is 22.1 Å². The summed E-state index contributed by atoms with van der Waals surface area (Å²) in [4.78, 5) is 11.3. The molecule has 0 atom stereocenters. The van der Waals surface area contributed by atoms with Crippen molar-refractivity contribution in [2.75, 3.05) is 6.61 Å². The maximum atomic E-state index is 11.3. The number of carbonyl (C=O) groups excluding carboxylic acids is 1. The molecule has 0 aliphatic heterocycles. The number of ether oxygens (including phenoxy) is 1. The maximum absolute atomic E-state index is 11.3. The monoisotopic (exact) mass is 239 g/mol. The molecule has 0 fully saturated rings. The second kappa shape index (κ2) is 5.56. The number of halogens is 1. The van der Waals surface area contributed by atoms with E-state index in [1.165, 1.54) is 6.26 Å². The van der Waals surface area contributed by atoms with Crippen molar-refractivity contribution >= 4 is 23.1 Å². The molecule has 0 aromatic heterocycles. The first kappa shape index (κ1) is 12.6. The Bertz CT molecular complexity index is 407. The molecule has 1 aromatic carbocycles. The molecule has 0 saturated carbocycles. The van der Waals surface area contributed by atoms with Gasteiger partial charge in [0.25, 0.3) is 5.91 Å². The van der Waals surface area contributed by atoms with Crippen LogP contribution in [-0.4, -0.2) is 12.5 Å². The zero-order valence-corrected chi connectivity index (χ0v) is 10.0. The van der Waals surface area contributed by atoms with Crippen LogP contribution < -0.4 is 5.73 Å². The number of hydrogen-bond donors (Lipinski definition) is 1. The molecule has 86 valence electrons. The lowest BCUT2D eigenvalue weighted by Crippen LogP contribution is -2.14. The Balaban J connectivity index is 3.26. The van der Waals surface area contributed by atoms with E-state index in [-0.39, 0.29) is 0 Å². The van der Waals surface area contributed by atoms with Crippen LogP contribution in [0.4, 0.5) is 0 Å². The summed E-state index contributed by atoms with van der Waals surface area (Å²) in [6, 6.07) is 5.40. The van der Waals surface area contributed by atoms with E-state index >= 15 is 0 Å². The lowest BCUT2D eigenvalue weighted by atomic mass is 10.0. The van der Waals surface area contributed by atoms with Crippen LogP contribution in [0.1, 0.15) is 18.1 Å². The number of rotatable bonds is 4. The zero-order chi connectivity index (χ0) is 12.1. The number of aryl methyl sites for hydroxylation is 1. The molecule has 3 nitrogen and oxygen atoms in total. The molecule has 0 spiro atoms. The van der Waals surface area contributed by atoms with E-state index in [1.54, 1.807) is 6.07 Å². The molecule has 1 amide bonds. The number of benzene rings is 1. The Morgan fingerprint density at radius 3 is 2.75 bits per heavy atom. The van der Waals surface area contributed by atoms with Crippen LogP contribution in [0.2, 0.25) is 5.02 Å². The highest BCUT2D eigenvalue weighted by atomic mass is 35.5. The third-order valence-electron chi connectivity index (χ3n) is 2.12. The number of amides is 1. The van der Waals surface area contributed by atoms with E-state index in [0.717, 1.165) is 5.56 Å². The van der Waals surface area contributed by atoms with Gasteiger partial charge in [-0.3, -0.25) is 4.79 Å². The van der Waals surface area contributed by atoms with Gasteiger partial charge in [-0.15, -0.1) is 0 Å². The van der Waals surface area contributed by atoms with Gasteiger partial charge < -0.3 is 10.5 Å². The minimum absolute atomic E-state index is 0.296. The summed E-state index contributed by atoms with van der Waals surface area (Å²) in [6.45, 7) is 4.17. The molecular weight excluding hydrogens is 226 g/mol. The van der Waals surface area contributed by atoms with Gasteiger partial charge in [-0.05, 0) is 25.5 Å². The van der Waals surface area contributed by atoms with Crippen molar-refractivity contribution in [3.05, 3.63) is 40.6 Å². The molecule has 0 heterocycles. The van der Waals surface area contributed by atoms with E-state index < -0.39 is 5.91 Å². The SMILES string of the molecule is CCOC=C(C(N)=O)c1c(C)cccc1Cl. The normalized spacial score (nSPS) is 11.3. The highest BCUT2D eigenvalue weighted by Crippen LogP contribution is 2.27. The van der Waals surface area contributed by atoms with E-state index in [9.17, 15) is 4.79 Å². The molecule has 0 bridgehead atoms. The first-order valence-corrected chi connectivity index (χ1v) is 5.32. The van der Waals surface area contributed by atoms with Gasteiger partial charge in [-0.1, -0.05) is 23.7 Å². The van der Waals surface area contributed by atoms with Crippen LogP contribution >= 0.6 is 11.6 Å². The maximum Gasteiger partial charge on any atom is 0.252 e. The number of carbonyl (C=O) groups is 1. The Hall–Kier alpha value is -1.48. The Kier molecular flexibility index (Phi) is 4.38. The Morgan fingerprint density at radius 1 is 1.56 bits per heavy atom. The fourth-order valence-corrected chi connectivity index (χ4v) is 1.70. The van der Waals surface area contributed by atoms with E-state index in [2.05, 4.69) is 0 Å². The van der Waals surface area contributed by atoms with E-state index in [1.807, 2.05) is 26.0 Å². The summed E-state index contributed by atoms with van der Waals surface area (Å²) in [5.74, 6) is -0.551. The largest absolute Gasteiger partial charge is 0.501 e. The molecule has 4 heteroatoms. The van der Waals surface area contributed by atoms with Crippen LogP contribution in [0.15, 0.2) is 24.5 Å². The Labute approximate surface area is 99.8 Å². The summed E-state index contributed by atoms with van der Waals surface area (Å²) in [6.07, 6.45) is 1.36. The van der Waals surface area contributed by atoms with Gasteiger partial charge in [0.15, 0.2) is 0 Å². The molecular formula is C12H14ClNO2. The summed E-state index contributed by atoms with van der Waals surface area (Å²) in [7, 11) is 0. The van der Waals surface area contributed by atoms with Crippen molar-refractivity contribution in [2.45, 2.75) is 13.8 Å². The number of hydrogen-bond acceptors (Lipinski definition) is 2. The number of primary amides is 1. The molecule has 0 radical (unpaired) electrons. The van der Waals surface area contributed by atoms with Gasteiger partial charge in [-0.25, -0.2) is 0 Å². The third-order valence-corrected chi connectivity index (χ3v) is 2.44. The molecule has 0 saturated heterocycles. The lowest BCUT2D eigenvalue weighted by Gasteiger charge is -2.09. The molecule has 16 heavy (non-hydrogen) atoms. The van der Waals surface area contributed by atoms with Crippen molar-refractivity contribution in [1.29, 1.82) is 0 Å². The third kappa shape index (κ3) is 2.76. The second-order valence-corrected chi connectivity index (χ2v) is 3.69. The van der Waals surface area contributed by atoms with Crippen LogP contribution in [0.3, 0.4) is 0 Å². The molecule has 1 aromatic rings. The minimum atomic E-state index is -0.551. The number of nitrogens with two attached hydrogens (primary N) is 1. The first-order chi connectivity index (χ1) is 7.57. The van der Waals surface area contributed by atoms with Gasteiger partial charge >= 0.3 is 0 Å². The fraction of sp³-hybridized carbons (Fsp3) is 0.250. The predicted octanol–water partition coefficient (Wildman–Crippen LogP) is 2.51. The average molecular weight is 240 g/mol. The van der Waals surface area contributed by atoms with Crippen LogP contribution in [0.5, 0.6) is 0 Å². The summed E-state index contributed by atoms with van der Waals surface area (Å²) >= 11 is 6.04. The van der Waals surface area contributed by atoms with Gasteiger partial charge in [0.05, 0.1) is 18.4 Å². The second-order valence-electron chi connectivity index (χ2n) is 3.28. The highest BCUT2D eigenvalue weighted by Gasteiger charge is 2.14. The summed E-state index contributed by atoms with van der Waals surface area (Å²) in [5, 5.41) is 0.491. The zero-order valence-electron chi connectivity index (χ0n) is 9.29. The molecule has 0 unspecified atom stereocenters. The van der Waals surface area contributed by atoms with Crippen molar-refractivity contribution in [1.82, 2.24) is 0 Å². The summed E-state index contributed by atoms with van der Waals surface area (Å²) < 4.78 is 5.10. The predicted molar refractivity (Wildman–Crippen MR) is 65.0 cm³/mol. The molecule has 1 rings (SSSR count). The molecule has 0 aliphatic rings. The Morgan fingerprint density at radius 2 is 2.25 bits per heavy atom. The molecule has 2 N–H and O–H groups in total. The average Bonchev–Trinajstić information content (AvgIpc) is 2.21.